The Morgan fingerprint density at radius 2 is 1.90 bits per heavy atom. The third-order valence-corrected chi connectivity index (χ3v) is 5.87. The summed E-state index contributed by atoms with van der Waals surface area (Å²) in [7, 11) is 4.91. The number of carbonyl (C=O) groups excluding carboxylic acids is 1. The van der Waals surface area contributed by atoms with E-state index < -0.39 is 0 Å². The van der Waals surface area contributed by atoms with Gasteiger partial charge in [-0.2, -0.15) is 0 Å². The van der Waals surface area contributed by atoms with E-state index in [4.69, 9.17) is 14.2 Å². The summed E-state index contributed by atoms with van der Waals surface area (Å²) in [5, 5.41) is 7.28. The number of aromatic amines is 1. The van der Waals surface area contributed by atoms with Crippen LogP contribution in [0.3, 0.4) is 0 Å². The van der Waals surface area contributed by atoms with Gasteiger partial charge in [-0.25, -0.2) is 4.79 Å². The van der Waals surface area contributed by atoms with Crippen molar-refractivity contribution in [2.45, 2.75) is 31.7 Å². The summed E-state index contributed by atoms with van der Waals surface area (Å²) >= 11 is 0. The fourth-order valence-corrected chi connectivity index (χ4v) is 4.28. The van der Waals surface area contributed by atoms with Crippen LogP contribution in [0.15, 0.2) is 36.4 Å². The molecule has 3 N–H and O–H groups in total. The number of nitrogens with one attached hydrogen (secondary N) is 3. The first kappa shape index (κ1) is 20.9. The molecule has 0 radical (unpaired) electrons. The van der Waals surface area contributed by atoms with Crippen LogP contribution in [0.5, 0.6) is 17.2 Å². The number of urea groups is 1. The fraction of sp³-hybridized carbons (Fsp3) is 0.375. The van der Waals surface area contributed by atoms with Crippen LogP contribution >= 0.6 is 0 Å². The minimum absolute atomic E-state index is 0.0248. The largest absolute Gasteiger partial charge is 0.497 e. The number of rotatable bonds is 7. The van der Waals surface area contributed by atoms with Gasteiger partial charge in [-0.15, -0.1) is 0 Å². The van der Waals surface area contributed by atoms with Crippen LogP contribution in [0, 0.1) is 0 Å². The van der Waals surface area contributed by atoms with Crippen molar-refractivity contribution in [3.63, 3.8) is 0 Å². The molecule has 0 saturated carbocycles. The Kier molecular flexibility index (Phi) is 6.21. The van der Waals surface area contributed by atoms with Gasteiger partial charge in [-0.05, 0) is 67.1 Å². The van der Waals surface area contributed by atoms with Gasteiger partial charge in [0.15, 0.2) is 11.5 Å². The average Bonchev–Trinajstić information content (AvgIpc) is 3.17. The molecule has 1 aliphatic carbocycles. The minimum atomic E-state index is -0.158. The third-order valence-electron chi connectivity index (χ3n) is 5.87. The van der Waals surface area contributed by atoms with Crippen molar-refractivity contribution < 1.29 is 19.0 Å². The molecule has 1 aromatic heterocycles. The minimum Gasteiger partial charge on any atom is -0.497 e. The molecule has 7 heteroatoms. The second-order valence-corrected chi connectivity index (χ2v) is 7.71. The van der Waals surface area contributed by atoms with Crippen molar-refractivity contribution in [3.05, 3.63) is 53.2 Å². The second-order valence-electron chi connectivity index (χ2n) is 7.71. The Labute approximate surface area is 182 Å². The Bertz CT molecular complexity index is 1080. The van der Waals surface area contributed by atoms with Crippen LogP contribution in [0.1, 0.15) is 35.7 Å². The van der Waals surface area contributed by atoms with Crippen LogP contribution in [-0.2, 0) is 12.8 Å². The molecule has 0 bridgehead atoms. The smallest absolute Gasteiger partial charge is 0.315 e. The maximum Gasteiger partial charge on any atom is 0.315 e. The van der Waals surface area contributed by atoms with E-state index in [9.17, 15) is 4.79 Å². The SMILES string of the molecule is COc1ccc2[nH]c3c(c2c1)CCC[C@H]3NC(=O)NCCc1ccc(OC)c(OC)c1. The average molecular weight is 424 g/mol. The van der Waals surface area contributed by atoms with Gasteiger partial charge in [0.2, 0.25) is 0 Å². The first-order chi connectivity index (χ1) is 15.1. The number of aryl methyl sites for hydroxylation is 1. The number of hydrogen-bond acceptors (Lipinski definition) is 4. The van der Waals surface area contributed by atoms with E-state index in [2.05, 4.69) is 21.7 Å². The highest BCUT2D eigenvalue weighted by atomic mass is 16.5. The molecular formula is C24H29N3O4. The monoisotopic (exact) mass is 423 g/mol. The van der Waals surface area contributed by atoms with Crippen molar-refractivity contribution >= 4 is 16.9 Å². The van der Waals surface area contributed by atoms with Gasteiger partial charge >= 0.3 is 6.03 Å². The van der Waals surface area contributed by atoms with Gasteiger partial charge < -0.3 is 29.8 Å². The van der Waals surface area contributed by atoms with Crippen molar-refractivity contribution in [3.8, 4) is 17.2 Å². The van der Waals surface area contributed by atoms with E-state index in [1.165, 1.54) is 10.9 Å². The van der Waals surface area contributed by atoms with Crippen molar-refractivity contribution in [1.29, 1.82) is 0 Å². The van der Waals surface area contributed by atoms with E-state index in [-0.39, 0.29) is 12.1 Å². The summed E-state index contributed by atoms with van der Waals surface area (Å²) in [6.07, 6.45) is 3.66. The van der Waals surface area contributed by atoms with E-state index in [1.54, 1.807) is 21.3 Å². The molecule has 0 aliphatic heterocycles. The van der Waals surface area contributed by atoms with Gasteiger partial charge in [0.1, 0.15) is 5.75 Å². The molecule has 0 fully saturated rings. The first-order valence-electron chi connectivity index (χ1n) is 10.6. The third kappa shape index (κ3) is 4.40. The lowest BCUT2D eigenvalue weighted by molar-refractivity contribution is 0.235. The Balaban J connectivity index is 1.38. The molecule has 4 rings (SSSR count). The number of H-pyrrole nitrogens is 1. The fourth-order valence-electron chi connectivity index (χ4n) is 4.28. The number of fused-ring (bicyclic) bond motifs is 3. The van der Waals surface area contributed by atoms with Gasteiger partial charge in [-0.1, -0.05) is 6.07 Å². The Hall–Kier alpha value is -3.35. The van der Waals surface area contributed by atoms with Crippen LogP contribution in [0.2, 0.25) is 0 Å². The van der Waals surface area contributed by atoms with E-state index in [0.717, 1.165) is 41.8 Å². The lowest BCUT2D eigenvalue weighted by Gasteiger charge is -2.24. The van der Waals surface area contributed by atoms with Crippen LogP contribution in [-0.4, -0.2) is 38.9 Å². The predicted molar refractivity (Wildman–Crippen MR) is 120 cm³/mol. The lowest BCUT2D eigenvalue weighted by atomic mass is 9.92. The molecule has 1 heterocycles. The maximum absolute atomic E-state index is 12.5. The topological polar surface area (TPSA) is 84.6 Å². The van der Waals surface area contributed by atoms with Crippen molar-refractivity contribution in [2.75, 3.05) is 27.9 Å². The molecule has 164 valence electrons. The summed E-state index contributed by atoms with van der Waals surface area (Å²) < 4.78 is 16.0. The normalized spacial score (nSPS) is 15.3. The zero-order chi connectivity index (χ0) is 21.8. The molecule has 1 aliphatic rings. The number of carbonyl (C=O) groups is 1. The number of aromatic nitrogens is 1. The summed E-state index contributed by atoms with van der Waals surface area (Å²) in [6, 6.07) is 11.7. The molecule has 0 saturated heterocycles. The highest BCUT2D eigenvalue weighted by molar-refractivity contribution is 5.87. The van der Waals surface area contributed by atoms with Crippen molar-refractivity contribution in [1.82, 2.24) is 15.6 Å². The molecule has 2 aromatic carbocycles. The highest BCUT2D eigenvalue weighted by Gasteiger charge is 2.25. The van der Waals surface area contributed by atoms with Crippen LogP contribution in [0.25, 0.3) is 10.9 Å². The Morgan fingerprint density at radius 3 is 2.68 bits per heavy atom. The molecule has 0 unspecified atom stereocenters. The number of methoxy groups -OCH3 is 3. The summed E-state index contributed by atoms with van der Waals surface area (Å²) in [4.78, 5) is 16.1. The van der Waals surface area contributed by atoms with E-state index in [0.29, 0.717) is 24.5 Å². The molecule has 7 nitrogen and oxygen atoms in total. The van der Waals surface area contributed by atoms with Gasteiger partial charge in [-0.3, -0.25) is 0 Å². The van der Waals surface area contributed by atoms with E-state index in [1.807, 2.05) is 30.3 Å². The van der Waals surface area contributed by atoms with Crippen LogP contribution < -0.4 is 24.8 Å². The van der Waals surface area contributed by atoms with E-state index >= 15 is 0 Å². The molecule has 3 aromatic rings. The van der Waals surface area contributed by atoms with Crippen LogP contribution in [0.4, 0.5) is 4.79 Å². The first-order valence-corrected chi connectivity index (χ1v) is 10.6. The maximum atomic E-state index is 12.5. The summed E-state index contributed by atoms with van der Waals surface area (Å²) in [5.74, 6) is 2.23. The zero-order valence-corrected chi connectivity index (χ0v) is 18.2. The number of ether oxygens (including phenoxy) is 3. The summed E-state index contributed by atoms with van der Waals surface area (Å²) in [6.45, 7) is 0.533. The number of benzene rings is 2. The molecular weight excluding hydrogens is 394 g/mol. The standard InChI is InChI=1S/C24H29N3O4/c1-29-16-8-9-19-18(14-16)17-5-4-6-20(23(17)26-19)27-24(28)25-12-11-15-7-10-21(30-2)22(13-15)31-3/h7-10,13-14,20,26H,4-6,11-12H2,1-3H3,(H2,25,27,28)/t20-/m1/s1. The summed E-state index contributed by atoms with van der Waals surface area (Å²) in [5.41, 5.74) is 4.52. The second kappa shape index (κ2) is 9.20. The Morgan fingerprint density at radius 1 is 1.06 bits per heavy atom. The zero-order valence-electron chi connectivity index (χ0n) is 18.2. The van der Waals surface area contributed by atoms with Gasteiger partial charge in [0.25, 0.3) is 0 Å². The van der Waals surface area contributed by atoms with Crippen molar-refractivity contribution in [2.24, 2.45) is 0 Å². The number of amides is 2. The van der Waals surface area contributed by atoms with Gasteiger partial charge in [0, 0.05) is 23.1 Å². The molecule has 1 atom stereocenters. The molecule has 0 spiro atoms. The quantitative estimate of drug-likeness (QED) is 0.534. The van der Waals surface area contributed by atoms with Gasteiger partial charge in [0.05, 0.1) is 27.4 Å². The lowest BCUT2D eigenvalue weighted by Crippen LogP contribution is -2.40. The molecule has 2 amide bonds. The highest BCUT2D eigenvalue weighted by Crippen LogP contribution is 2.36. The number of hydrogen-bond donors (Lipinski definition) is 3. The predicted octanol–water partition coefficient (Wildman–Crippen LogP) is 4.11. The molecule has 31 heavy (non-hydrogen) atoms.